The van der Waals surface area contributed by atoms with Gasteiger partial charge in [-0.2, -0.15) is 11.8 Å². The van der Waals surface area contributed by atoms with E-state index >= 15 is 0 Å². The molecule has 2 heterocycles. The molecule has 1 aromatic heterocycles. The zero-order chi connectivity index (χ0) is 14.9. The molecule has 0 radical (unpaired) electrons. The number of amides is 1. The van der Waals surface area contributed by atoms with Crippen LogP contribution in [-0.2, 0) is 9.84 Å². The van der Waals surface area contributed by atoms with Gasteiger partial charge in [-0.3, -0.25) is 4.79 Å². The van der Waals surface area contributed by atoms with Crippen molar-refractivity contribution in [2.24, 2.45) is 0 Å². The van der Waals surface area contributed by atoms with Crippen LogP contribution in [0.2, 0.25) is 0 Å². The van der Waals surface area contributed by atoms with E-state index in [2.05, 4.69) is 15.9 Å². The standard InChI is InChI=1S/C12H16BrNO3S3/c1-3-20(16,17)10-7-18-5-4-14(10)12(15)9-6-8(2)11(13)19-9/h6,10H,3-5,7H2,1-2H3. The third-order valence-electron chi connectivity index (χ3n) is 3.23. The Morgan fingerprint density at radius 3 is 2.80 bits per heavy atom. The first kappa shape index (κ1) is 16.3. The molecule has 20 heavy (non-hydrogen) atoms. The second-order valence-electron chi connectivity index (χ2n) is 4.55. The van der Waals surface area contributed by atoms with Crippen molar-refractivity contribution in [2.45, 2.75) is 19.2 Å². The van der Waals surface area contributed by atoms with E-state index < -0.39 is 15.2 Å². The summed E-state index contributed by atoms with van der Waals surface area (Å²) in [5.41, 5.74) is 1.000. The van der Waals surface area contributed by atoms with Crippen LogP contribution in [0.4, 0.5) is 0 Å². The Morgan fingerprint density at radius 2 is 2.25 bits per heavy atom. The largest absolute Gasteiger partial charge is 0.319 e. The molecule has 1 aromatic rings. The highest BCUT2D eigenvalue weighted by atomic mass is 79.9. The lowest BCUT2D eigenvalue weighted by Crippen LogP contribution is -2.50. The van der Waals surface area contributed by atoms with E-state index in [4.69, 9.17) is 0 Å². The predicted octanol–water partition coefficient (Wildman–Crippen LogP) is 2.77. The van der Waals surface area contributed by atoms with E-state index in [9.17, 15) is 13.2 Å². The average Bonchev–Trinajstić information content (AvgIpc) is 2.78. The molecule has 0 N–H and O–H groups in total. The summed E-state index contributed by atoms with van der Waals surface area (Å²) in [4.78, 5) is 14.7. The van der Waals surface area contributed by atoms with E-state index in [0.717, 1.165) is 15.1 Å². The molecule has 1 amide bonds. The Morgan fingerprint density at radius 1 is 1.55 bits per heavy atom. The van der Waals surface area contributed by atoms with E-state index in [1.165, 1.54) is 16.2 Å². The summed E-state index contributed by atoms with van der Waals surface area (Å²) >= 11 is 6.35. The molecule has 8 heteroatoms. The molecular formula is C12H16BrNO3S3. The number of nitrogens with zero attached hydrogens (tertiary/aromatic N) is 1. The maximum Gasteiger partial charge on any atom is 0.265 e. The third-order valence-corrected chi connectivity index (χ3v) is 8.64. The van der Waals surface area contributed by atoms with Gasteiger partial charge < -0.3 is 4.90 Å². The summed E-state index contributed by atoms with van der Waals surface area (Å²) in [5.74, 6) is 1.14. The lowest BCUT2D eigenvalue weighted by Gasteiger charge is -2.34. The molecule has 0 saturated carbocycles. The minimum atomic E-state index is -3.25. The van der Waals surface area contributed by atoms with Crippen molar-refractivity contribution < 1.29 is 13.2 Å². The second kappa shape index (κ2) is 6.37. The molecule has 4 nitrogen and oxygen atoms in total. The second-order valence-corrected chi connectivity index (χ2v) is 10.5. The monoisotopic (exact) mass is 397 g/mol. The Balaban J connectivity index is 2.30. The number of carbonyl (C=O) groups is 1. The van der Waals surface area contributed by atoms with Gasteiger partial charge in [-0.1, -0.05) is 6.92 Å². The summed E-state index contributed by atoms with van der Waals surface area (Å²) < 4.78 is 25.2. The Kier molecular flexibility index (Phi) is 5.20. The van der Waals surface area contributed by atoms with Crippen LogP contribution in [0.25, 0.3) is 0 Å². The van der Waals surface area contributed by atoms with Gasteiger partial charge in [0.15, 0.2) is 9.84 Å². The molecule has 112 valence electrons. The maximum absolute atomic E-state index is 12.6. The zero-order valence-electron chi connectivity index (χ0n) is 11.3. The number of hydrogen-bond acceptors (Lipinski definition) is 5. The number of aryl methyl sites for hydroxylation is 1. The minimum absolute atomic E-state index is 0.0647. The SMILES string of the molecule is CCS(=O)(=O)C1CSCCN1C(=O)c1cc(C)c(Br)s1. The highest BCUT2D eigenvalue weighted by Gasteiger charge is 2.36. The van der Waals surface area contributed by atoms with Crippen LogP contribution in [0.1, 0.15) is 22.2 Å². The van der Waals surface area contributed by atoms with Crippen molar-refractivity contribution in [3.8, 4) is 0 Å². The maximum atomic E-state index is 12.6. The van der Waals surface area contributed by atoms with Gasteiger partial charge in [0.25, 0.3) is 5.91 Å². The molecule has 1 aliphatic rings. The van der Waals surface area contributed by atoms with Crippen molar-refractivity contribution in [1.29, 1.82) is 0 Å². The van der Waals surface area contributed by atoms with Crippen LogP contribution in [0.5, 0.6) is 0 Å². The number of rotatable bonds is 3. The van der Waals surface area contributed by atoms with Crippen molar-refractivity contribution in [3.05, 3.63) is 20.3 Å². The quantitative estimate of drug-likeness (QED) is 0.786. The summed E-state index contributed by atoms with van der Waals surface area (Å²) in [6.45, 7) is 4.04. The highest BCUT2D eigenvalue weighted by Crippen LogP contribution is 2.30. The minimum Gasteiger partial charge on any atom is -0.319 e. The summed E-state index contributed by atoms with van der Waals surface area (Å²) in [6, 6.07) is 1.81. The van der Waals surface area contributed by atoms with Crippen LogP contribution in [0.15, 0.2) is 9.85 Å². The van der Waals surface area contributed by atoms with Crippen molar-refractivity contribution >= 4 is 54.8 Å². The normalized spacial score (nSPS) is 20.1. The molecule has 1 fully saturated rings. The first-order valence-corrected chi connectivity index (χ1v) is 10.7. The number of sulfone groups is 1. The molecular weight excluding hydrogens is 382 g/mol. The summed E-state index contributed by atoms with van der Waals surface area (Å²) in [6.07, 6.45) is 0. The zero-order valence-corrected chi connectivity index (χ0v) is 15.3. The number of halogens is 1. The molecule has 2 rings (SSSR count). The lowest BCUT2D eigenvalue weighted by atomic mass is 10.3. The van der Waals surface area contributed by atoms with Gasteiger partial charge in [-0.25, -0.2) is 8.42 Å². The Labute approximate surface area is 136 Å². The van der Waals surface area contributed by atoms with Crippen LogP contribution in [-0.4, -0.2) is 48.4 Å². The summed E-state index contributed by atoms with van der Waals surface area (Å²) in [5, 5.41) is -0.695. The van der Waals surface area contributed by atoms with Crippen LogP contribution in [0, 0.1) is 6.92 Å². The van der Waals surface area contributed by atoms with Gasteiger partial charge in [0.1, 0.15) is 5.37 Å². The first-order chi connectivity index (χ1) is 9.36. The Bertz CT molecular complexity index is 592. The molecule has 0 spiro atoms. The smallest absolute Gasteiger partial charge is 0.265 e. The molecule has 0 bridgehead atoms. The molecule has 0 aromatic carbocycles. The van der Waals surface area contributed by atoms with Crippen molar-refractivity contribution in [3.63, 3.8) is 0 Å². The van der Waals surface area contributed by atoms with Crippen molar-refractivity contribution in [2.75, 3.05) is 23.8 Å². The first-order valence-electron chi connectivity index (χ1n) is 6.23. The fourth-order valence-corrected chi connectivity index (χ4v) is 6.47. The fraction of sp³-hybridized carbons (Fsp3) is 0.583. The van der Waals surface area contributed by atoms with Crippen molar-refractivity contribution in [1.82, 2.24) is 4.90 Å². The van der Waals surface area contributed by atoms with E-state index in [-0.39, 0.29) is 11.7 Å². The van der Waals surface area contributed by atoms with E-state index in [0.29, 0.717) is 17.2 Å². The van der Waals surface area contributed by atoms with Gasteiger partial charge in [-0.05, 0) is 34.5 Å². The van der Waals surface area contributed by atoms with Gasteiger partial charge in [0.05, 0.1) is 8.66 Å². The number of thiophene rings is 1. The number of thioether (sulfide) groups is 1. The predicted molar refractivity (Wildman–Crippen MR) is 88.4 cm³/mol. The van der Waals surface area contributed by atoms with Gasteiger partial charge in [-0.15, -0.1) is 11.3 Å². The fourth-order valence-electron chi connectivity index (χ4n) is 2.01. The molecule has 0 aliphatic carbocycles. The van der Waals surface area contributed by atoms with Gasteiger partial charge in [0, 0.05) is 23.8 Å². The number of carbonyl (C=O) groups excluding carboxylic acids is 1. The van der Waals surface area contributed by atoms with E-state index in [1.54, 1.807) is 18.7 Å². The topological polar surface area (TPSA) is 54.5 Å². The molecule has 1 atom stereocenters. The average molecular weight is 398 g/mol. The van der Waals surface area contributed by atoms with Gasteiger partial charge in [0.2, 0.25) is 0 Å². The lowest BCUT2D eigenvalue weighted by molar-refractivity contribution is 0.0754. The van der Waals surface area contributed by atoms with Crippen LogP contribution >= 0.6 is 39.0 Å². The van der Waals surface area contributed by atoms with Crippen LogP contribution in [0.3, 0.4) is 0 Å². The third kappa shape index (κ3) is 3.23. The molecule has 1 unspecified atom stereocenters. The summed E-state index contributed by atoms with van der Waals surface area (Å²) in [7, 11) is -3.25. The highest BCUT2D eigenvalue weighted by molar-refractivity contribution is 9.11. The van der Waals surface area contributed by atoms with Gasteiger partial charge >= 0.3 is 0 Å². The van der Waals surface area contributed by atoms with Crippen LogP contribution < -0.4 is 0 Å². The Hall–Kier alpha value is -0.0500. The van der Waals surface area contributed by atoms with E-state index in [1.807, 2.05) is 13.0 Å². The molecule has 1 saturated heterocycles. The molecule has 1 aliphatic heterocycles. The number of hydrogen-bond donors (Lipinski definition) is 0.